The van der Waals surface area contributed by atoms with Crippen LogP contribution in [0.5, 0.6) is 0 Å². The number of hydrogen-bond acceptors (Lipinski definition) is 0. The van der Waals surface area contributed by atoms with Crippen LogP contribution in [0.4, 0.5) is 0 Å². The van der Waals surface area contributed by atoms with Crippen LogP contribution in [0.2, 0.25) is 0 Å². The highest BCUT2D eigenvalue weighted by Gasteiger charge is 2.67. The Balaban J connectivity index is 2.85. The summed E-state index contributed by atoms with van der Waals surface area (Å²) in [7, 11) is 0. The second-order valence-corrected chi connectivity index (χ2v) is 4.33. The first-order chi connectivity index (χ1) is 4.98. The summed E-state index contributed by atoms with van der Waals surface area (Å²) in [5.41, 5.74) is -0.0254. The summed E-state index contributed by atoms with van der Waals surface area (Å²) in [6, 6.07) is 0. The van der Waals surface area contributed by atoms with Crippen molar-refractivity contribution in [2.75, 3.05) is 0 Å². The molecule has 1 nitrogen and oxygen atoms in total. The van der Waals surface area contributed by atoms with Gasteiger partial charge in [0.2, 0.25) is 5.54 Å². The molecule has 0 N–H and O–H groups in total. The summed E-state index contributed by atoms with van der Waals surface area (Å²) in [6.07, 6.45) is 2.92. The van der Waals surface area contributed by atoms with Crippen LogP contribution in [0.1, 0.15) is 27.2 Å². The van der Waals surface area contributed by atoms with E-state index < -0.39 is 0 Å². The fourth-order valence-electron chi connectivity index (χ4n) is 1.71. The molecular formula is C10H15N. The third kappa shape index (κ3) is 0.976. The van der Waals surface area contributed by atoms with Crippen LogP contribution in [-0.2, 0) is 0 Å². The van der Waals surface area contributed by atoms with Crippen molar-refractivity contribution in [2.24, 2.45) is 11.3 Å². The van der Waals surface area contributed by atoms with Crippen molar-refractivity contribution in [1.82, 2.24) is 0 Å². The monoisotopic (exact) mass is 149 g/mol. The van der Waals surface area contributed by atoms with Crippen LogP contribution in [-0.4, -0.2) is 5.54 Å². The summed E-state index contributed by atoms with van der Waals surface area (Å²) in [5.74, 6) is 0.431. The summed E-state index contributed by atoms with van der Waals surface area (Å²) in [5, 5.41) is 0. The van der Waals surface area contributed by atoms with Gasteiger partial charge in [-0.2, -0.15) is 0 Å². The van der Waals surface area contributed by atoms with Crippen molar-refractivity contribution < 1.29 is 0 Å². The third-order valence-corrected chi connectivity index (χ3v) is 2.77. The molecule has 0 radical (unpaired) electrons. The average molecular weight is 149 g/mol. The largest absolute Gasteiger partial charge is 0.309 e. The highest BCUT2D eigenvalue weighted by Crippen LogP contribution is 2.58. The molecule has 1 fully saturated rings. The van der Waals surface area contributed by atoms with E-state index in [-0.39, 0.29) is 11.0 Å². The van der Waals surface area contributed by atoms with Gasteiger partial charge in [0, 0.05) is 11.8 Å². The molecule has 0 heterocycles. The zero-order valence-electron chi connectivity index (χ0n) is 7.52. The molecule has 2 atom stereocenters. The summed E-state index contributed by atoms with van der Waals surface area (Å²) in [4.78, 5) is 3.73. The van der Waals surface area contributed by atoms with Gasteiger partial charge in [0.25, 0.3) is 0 Å². The molecule has 1 aliphatic rings. The SMILES string of the molecule is [C-]#[N+][C@@]1(C(C)(C)C)C[C@@H]1C=C. The molecule has 1 aliphatic carbocycles. The lowest BCUT2D eigenvalue weighted by Gasteiger charge is -2.20. The molecule has 0 aromatic heterocycles. The van der Waals surface area contributed by atoms with Crippen molar-refractivity contribution in [3.05, 3.63) is 24.1 Å². The molecular weight excluding hydrogens is 134 g/mol. The van der Waals surface area contributed by atoms with Gasteiger partial charge in [-0.1, -0.05) is 26.8 Å². The van der Waals surface area contributed by atoms with Crippen LogP contribution < -0.4 is 0 Å². The van der Waals surface area contributed by atoms with Crippen molar-refractivity contribution in [1.29, 1.82) is 0 Å². The molecule has 11 heavy (non-hydrogen) atoms. The molecule has 0 saturated heterocycles. The quantitative estimate of drug-likeness (QED) is 0.399. The van der Waals surface area contributed by atoms with Gasteiger partial charge in [-0.05, 0) is 0 Å². The van der Waals surface area contributed by atoms with Gasteiger partial charge < -0.3 is 4.85 Å². The van der Waals surface area contributed by atoms with Crippen molar-refractivity contribution in [3.63, 3.8) is 0 Å². The average Bonchev–Trinajstić information content (AvgIpc) is 2.60. The Morgan fingerprint density at radius 1 is 1.64 bits per heavy atom. The van der Waals surface area contributed by atoms with Gasteiger partial charge in [-0.15, -0.1) is 6.58 Å². The molecule has 1 rings (SSSR count). The van der Waals surface area contributed by atoms with E-state index in [4.69, 9.17) is 6.57 Å². The zero-order chi connectivity index (χ0) is 8.70. The molecule has 0 aliphatic heterocycles. The Hall–Kier alpha value is -0.770. The van der Waals surface area contributed by atoms with Crippen LogP contribution in [0.15, 0.2) is 12.7 Å². The van der Waals surface area contributed by atoms with E-state index in [0.29, 0.717) is 5.92 Å². The maximum absolute atomic E-state index is 7.13. The van der Waals surface area contributed by atoms with Gasteiger partial charge in [0.1, 0.15) is 0 Å². The summed E-state index contributed by atoms with van der Waals surface area (Å²) in [6.45, 7) is 17.3. The Morgan fingerprint density at radius 2 is 2.18 bits per heavy atom. The van der Waals surface area contributed by atoms with Crippen LogP contribution >= 0.6 is 0 Å². The molecule has 0 aromatic rings. The maximum Gasteiger partial charge on any atom is 0.244 e. The van der Waals surface area contributed by atoms with E-state index in [1.807, 2.05) is 6.08 Å². The van der Waals surface area contributed by atoms with Crippen molar-refractivity contribution in [2.45, 2.75) is 32.7 Å². The topological polar surface area (TPSA) is 4.36 Å². The van der Waals surface area contributed by atoms with E-state index in [2.05, 4.69) is 32.2 Å². The van der Waals surface area contributed by atoms with E-state index in [9.17, 15) is 0 Å². The minimum atomic E-state index is -0.130. The minimum absolute atomic E-state index is 0.105. The van der Waals surface area contributed by atoms with E-state index in [1.165, 1.54) is 0 Å². The lowest BCUT2D eigenvalue weighted by Crippen LogP contribution is -2.26. The molecule has 0 bridgehead atoms. The predicted octanol–water partition coefficient (Wildman–Crippen LogP) is 2.90. The van der Waals surface area contributed by atoms with Crippen molar-refractivity contribution >= 4 is 0 Å². The Kier molecular flexibility index (Phi) is 1.59. The van der Waals surface area contributed by atoms with Gasteiger partial charge in [0.05, 0.1) is 5.92 Å². The minimum Gasteiger partial charge on any atom is -0.309 e. The van der Waals surface area contributed by atoms with Gasteiger partial charge in [0.15, 0.2) is 0 Å². The second-order valence-electron chi connectivity index (χ2n) is 4.33. The van der Waals surface area contributed by atoms with Gasteiger partial charge >= 0.3 is 0 Å². The number of nitrogens with zero attached hydrogens (tertiary/aromatic N) is 1. The molecule has 0 aromatic carbocycles. The van der Waals surface area contributed by atoms with E-state index in [1.54, 1.807) is 0 Å². The van der Waals surface area contributed by atoms with Crippen LogP contribution in [0.25, 0.3) is 4.85 Å². The molecule has 0 unspecified atom stereocenters. The first-order valence-electron chi connectivity index (χ1n) is 3.99. The van der Waals surface area contributed by atoms with Crippen LogP contribution in [0, 0.1) is 17.9 Å². The highest BCUT2D eigenvalue weighted by molar-refractivity contribution is 5.27. The van der Waals surface area contributed by atoms with E-state index in [0.717, 1.165) is 6.42 Å². The Labute approximate surface area is 68.9 Å². The Morgan fingerprint density at radius 3 is 2.27 bits per heavy atom. The molecule has 0 amide bonds. The second kappa shape index (κ2) is 2.11. The fourth-order valence-corrected chi connectivity index (χ4v) is 1.71. The first-order valence-corrected chi connectivity index (χ1v) is 3.99. The zero-order valence-corrected chi connectivity index (χ0v) is 7.52. The fraction of sp³-hybridized carbons (Fsp3) is 0.700. The van der Waals surface area contributed by atoms with Gasteiger partial charge in [-0.25, -0.2) is 6.57 Å². The highest BCUT2D eigenvalue weighted by atomic mass is 14.9. The standard InChI is InChI=1S/C10H15N/c1-6-8-7-10(8,11-5)9(2,3)4/h6,8H,1,7H2,2-4H3/t8-,10-/m0/s1. The molecule has 60 valence electrons. The predicted molar refractivity (Wildman–Crippen MR) is 47.1 cm³/mol. The molecule has 1 saturated carbocycles. The van der Waals surface area contributed by atoms with Crippen molar-refractivity contribution in [3.8, 4) is 0 Å². The summed E-state index contributed by atoms with van der Waals surface area (Å²) >= 11 is 0. The first kappa shape index (κ1) is 8.33. The lowest BCUT2D eigenvalue weighted by atomic mass is 9.83. The van der Waals surface area contributed by atoms with Gasteiger partial charge in [-0.3, -0.25) is 0 Å². The normalized spacial score (nSPS) is 36.0. The van der Waals surface area contributed by atoms with Crippen LogP contribution in [0.3, 0.4) is 0 Å². The smallest absolute Gasteiger partial charge is 0.244 e. The maximum atomic E-state index is 7.13. The lowest BCUT2D eigenvalue weighted by molar-refractivity contribution is 0.329. The number of hydrogen-bond donors (Lipinski definition) is 0. The molecule has 1 heteroatoms. The Bertz CT molecular complexity index is 216. The number of rotatable bonds is 1. The summed E-state index contributed by atoms with van der Waals surface area (Å²) < 4.78 is 0. The molecule has 0 spiro atoms. The third-order valence-electron chi connectivity index (χ3n) is 2.77. The van der Waals surface area contributed by atoms with E-state index >= 15 is 0 Å².